The summed E-state index contributed by atoms with van der Waals surface area (Å²) in [5.41, 5.74) is 0.272. The van der Waals surface area contributed by atoms with Gasteiger partial charge in [0.25, 0.3) is 0 Å². The van der Waals surface area contributed by atoms with Crippen LogP contribution in [0.4, 0.5) is 0 Å². The molecule has 0 aliphatic carbocycles. The second-order valence-corrected chi connectivity index (χ2v) is 10.1. The lowest BCUT2D eigenvalue weighted by molar-refractivity contribution is -0.177. The molecule has 1 fully saturated rings. The fraction of sp³-hybridized carbons (Fsp3) is 0.571. The number of carbonyl (C=O) groups is 3. The van der Waals surface area contributed by atoms with Crippen molar-refractivity contribution in [3.05, 3.63) is 35.9 Å². The third kappa shape index (κ3) is 5.68. The molecule has 2 rings (SSSR count). The van der Waals surface area contributed by atoms with Crippen LogP contribution < -0.4 is 0 Å². The SMILES string of the molecule is C[C@H](I)[C@H]1C(=O)N(CC(=O)OC(C)(C)C)[C@@H]1[C@@H](C)C(=O)OCc1ccccc1. The number of alkyl halides is 1. The number of β-lactam (4-membered cyclic amide) rings is 1. The van der Waals surface area contributed by atoms with Gasteiger partial charge in [-0.3, -0.25) is 14.4 Å². The van der Waals surface area contributed by atoms with Crippen molar-refractivity contribution < 1.29 is 23.9 Å². The summed E-state index contributed by atoms with van der Waals surface area (Å²) >= 11 is 2.19. The molecule has 1 heterocycles. The van der Waals surface area contributed by atoms with Gasteiger partial charge >= 0.3 is 11.9 Å². The van der Waals surface area contributed by atoms with Crippen molar-refractivity contribution in [3.63, 3.8) is 0 Å². The van der Waals surface area contributed by atoms with Crippen molar-refractivity contribution in [2.24, 2.45) is 11.8 Å². The minimum absolute atomic E-state index is 0.0364. The molecule has 0 aromatic heterocycles. The lowest BCUT2D eigenvalue weighted by atomic mass is 9.78. The van der Waals surface area contributed by atoms with Crippen molar-refractivity contribution in [1.29, 1.82) is 0 Å². The Morgan fingerprint density at radius 1 is 1.18 bits per heavy atom. The topological polar surface area (TPSA) is 72.9 Å². The third-order valence-electron chi connectivity index (χ3n) is 4.62. The lowest BCUT2D eigenvalue weighted by Gasteiger charge is -2.50. The Balaban J connectivity index is 2.05. The maximum atomic E-state index is 12.6. The Bertz CT molecular complexity index is 713. The van der Waals surface area contributed by atoms with E-state index in [1.807, 2.05) is 37.3 Å². The molecule has 0 N–H and O–H groups in total. The maximum Gasteiger partial charge on any atom is 0.326 e. The minimum Gasteiger partial charge on any atom is -0.461 e. The Labute approximate surface area is 180 Å². The van der Waals surface area contributed by atoms with Crippen LogP contribution in [0.3, 0.4) is 0 Å². The predicted octanol–water partition coefficient (Wildman–Crippen LogP) is 3.36. The summed E-state index contributed by atoms with van der Waals surface area (Å²) in [5.74, 6) is -1.83. The van der Waals surface area contributed by atoms with Crippen LogP contribution in [0.2, 0.25) is 0 Å². The minimum atomic E-state index is -0.628. The summed E-state index contributed by atoms with van der Waals surface area (Å²) in [4.78, 5) is 38.8. The van der Waals surface area contributed by atoms with Crippen LogP contribution in [-0.2, 0) is 30.5 Å². The molecule has 1 saturated heterocycles. The normalized spacial score (nSPS) is 21.5. The molecule has 154 valence electrons. The Morgan fingerprint density at radius 2 is 1.79 bits per heavy atom. The highest BCUT2D eigenvalue weighted by Crippen LogP contribution is 2.38. The maximum absolute atomic E-state index is 12.6. The zero-order chi connectivity index (χ0) is 21.1. The molecule has 1 aromatic carbocycles. The largest absolute Gasteiger partial charge is 0.461 e. The van der Waals surface area contributed by atoms with Gasteiger partial charge in [-0.15, -0.1) is 0 Å². The van der Waals surface area contributed by atoms with Gasteiger partial charge in [0.05, 0.1) is 17.9 Å². The number of nitrogens with zero attached hydrogens (tertiary/aromatic N) is 1. The van der Waals surface area contributed by atoms with Gasteiger partial charge in [-0.05, 0) is 33.3 Å². The highest BCUT2D eigenvalue weighted by molar-refractivity contribution is 14.1. The number of benzene rings is 1. The van der Waals surface area contributed by atoms with Gasteiger partial charge in [0.2, 0.25) is 5.91 Å². The van der Waals surface area contributed by atoms with Crippen LogP contribution in [0.5, 0.6) is 0 Å². The molecule has 0 radical (unpaired) electrons. The van der Waals surface area contributed by atoms with E-state index in [1.54, 1.807) is 27.7 Å². The van der Waals surface area contributed by atoms with Crippen LogP contribution in [0.15, 0.2) is 30.3 Å². The van der Waals surface area contributed by atoms with Crippen LogP contribution in [-0.4, -0.2) is 44.9 Å². The average Bonchev–Trinajstić information content (AvgIpc) is 2.60. The summed E-state index contributed by atoms with van der Waals surface area (Å²) in [7, 11) is 0. The van der Waals surface area contributed by atoms with Gasteiger partial charge in [0.1, 0.15) is 18.8 Å². The average molecular weight is 501 g/mol. The highest BCUT2D eigenvalue weighted by atomic mass is 127. The number of ether oxygens (including phenoxy) is 2. The monoisotopic (exact) mass is 501 g/mol. The van der Waals surface area contributed by atoms with Gasteiger partial charge in [0.15, 0.2) is 0 Å². The molecular formula is C21H28INO5. The van der Waals surface area contributed by atoms with Crippen LogP contribution in [0, 0.1) is 11.8 Å². The van der Waals surface area contributed by atoms with Crippen molar-refractivity contribution in [2.75, 3.05) is 6.54 Å². The second-order valence-electron chi connectivity index (χ2n) is 8.13. The Morgan fingerprint density at radius 3 is 2.32 bits per heavy atom. The zero-order valence-electron chi connectivity index (χ0n) is 17.0. The molecule has 28 heavy (non-hydrogen) atoms. The van der Waals surface area contributed by atoms with Gasteiger partial charge in [-0.25, -0.2) is 0 Å². The Kier molecular flexibility index (Phi) is 7.47. The van der Waals surface area contributed by atoms with Gasteiger partial charge < -0.3 is 14.4 Å². The number of hydrogen-bond donors (Lipinski definition) is 0. The molecule has 0 bridgehead atoms. The van der Waals surface area contributed by atoms with Crippen LogP contribution in [0.1, 0.15) is 40.2 Å². The molecule has 0 spiro atoms. The van der Waals surface area contributed by atoms with E-state index in [2.05, 4.69) is 22.6 Å². The standard InChI is InChI=1S/C21H28INO5/c1-13(20(26)27-12-15-9-7-6-8-10-15)18-17(14(2)22)19(25)23(18)11-16(24)28-21(3,4)5/h6-10,13-14,17-18H,11-12H2,1-5H3/t13-,14+,17-,18-/m1/s1. The van der Waals surface area contributed by atoms with Gasteiger partial charge in [0, 0.05) is 3.92 Å². The molecule has 7 heteroatoms. The van der Waals surface area contributed by atoms with Gasteiger partial charge in [-0.2, -0.15) is 0 Å². The first-order chi connectivity index (χ1) is 13.0. The summed E-state index contributed by atoms with van der Waals surface area (Å²) in [5, 5.41) is 0. The fourth-order valence-corrected chi connectivity index (χ4v) is 4.07. The number of carbonyl (C=O) groups excluding carboxylic acids is 3. The molecule has 1 amide bonds. The number of likely N-dealkylation sites (tertiary alicyclic amines) is 1. The quantitative estimate of drug-likeness (QED) is 0.248. The van der Waals surface area contributed by atoms with E-state index < -0.39 is 17.5 Å². The third-order valence-corrected chi connectivity index (χ3v) is 5.39. The van der Waals surface area contributed by atoms with E-state index in [9.17, 15) is 14.4 Å². The molecule has 6 nitrogen and oxygen atoms in total. The highest BCUT2D eigenvalue weighted by Gasteiger charge is 2.54. The van der Waals surface area contributed by atoms with E-state index in [0.717, 1.165) is 5.56 Å². The molecular weight excluding hydrogens is 473 g/mol. The molecule has 0 unspecified atom stereocenters. The number of halogens is 1. The van der Waals surface area contributed by atoms with E-state index in [1.165, 1.54) is 4.90 Å². The number of hydrogen-bond acceptors (Lipinski definition) is 5. The summed E-state index contributed by atoms with van der Waals surface area (Å²) < 4.78 is 10.8. The first-order valence-corrected chi connectivity index (χ1v) is 10.6. The molecule has 1 aliphatic rings. The molecule has 4 atom stereocenters. The molecule has 0 saturated carbocycles. The number of rotatable bonds is 7. The Hall–Kier alpha value is -1.64. The van der Waals surface area contributed by atoms with Crippen molar-refractivity contribution in [2.45, 2.75) is 56.8 Å². The van der Waals surface area contributed by atoms with Gasteiger partial charge in [-0.1, -0.05) is 59.8 Å². The zero-order valence-corrected chi connectivity index (χ0v) is 19.1. The van der Waals surface area contributed by atoms with E-state index in [-0.39, 0.29) is 40.9 Å². The summed E-state index contributed by atoms with van der Waals surface area (Å²) in [6.07, 6.45) is 0. The van der Waals surface area contributed by atoms with Crippen LogP contribution in [0.25, 0.3) is 0 Å². The summed E-state index contributed by atoms with van der Waals surface area (Å²) in [6.45, 7) is 9.04. The van der Waals surface area contributed by atoms with Crippen molar-refractivity contribution >= 4 is 40.4 Å². The van der Waals surface area contributed by atoms with E-state index >= 15 is 0 Å². The van der Waals surface area contributed by atoms with E-state index in [4.69, 9.17) is 9.47 Å². The van der Waals surface area contributed by atoms with E-state index in [0.29, 0.717) is 0 Å². The number of amides is 1. The molecule has 1 aliphatic heterocycles. The van der Waals surface area contributed by atoms with Crippen molar-refractivity contribution in [3.8, 4) is 0 Å². The number of esters is 2. The fourth-order valence-electron chi connectivity index (χ4n) is 3.34. The first kappa shape index (κ1) is 22.6. The second kappa shape index (κ2) is 9.24. The summed E-state index contributed by atoms with van der Waals surface area (Å²) in [6, 6.07) is 9.05. The van der Waals surface area contributed by atoms with Crippen LogP contribution >= 0.6 is 22.6 Å². The first-order valence-electron chi connectivity index (χ1n) is 9.38. The smallest absolute Gasteiger partial charge is 0.326 e. The van der Waals surface area contributed by atoms with Crippen molar-refractivity contribution in [1.82, 2.24) is 4.90 Å². The predicted molar refractivity (Wildman–Crippen MR) is 114 cm³/mol. The lowest BCUT2D eigenvalue weighted by Crippen LogP contribution is -2.67. The molecule has 1 aromatic rings.